The summed E-state index contributed by atoms with van der Waals surface area (Å²) in [6, 6.07) is 11.2. The molecule has 0 aromatic heterocycles. The van der Waals surface area contributed by atoms with E-state index in [9.17, 15) is 4.79 Å². The lowest BCUT2D eigenvalue weighted by molar-refractivity contribution is -0.125. The monoisotopic (exact) mass is 397 g/mol. The van der Waals surface area contributed by atoms with E-state index in [-0.39, 0.29) is 5.91 Å². The molecule has 0 unspecified atom stereocenters. The highest BCUT2D eigenvalue weighted by molar-refractivity contribution is 5.91. The standard InChI is InChI=1S/C23H27NO5/c1-6-13-29-19-10-7-17(8-11-19)16-24(2)22(25)12-9-18-14-20(26-3)23(28-5)21(15-18)27-4/h6-12,14-15H,1,13,16H2,2-5H3/b12-9+. The molecular formula is C23H27NO5. The lowest BCUT2D eigenvalue weighted by Crippen LogP contribution is -2.24. The Kier molecular flexibility index (Phi) is 8.15. The zero-order chi connectivity index (χ0) is 21.2. The molecule has 2 aromatic carbocycles. The second-order valence-electron chi connectivity index (χ2n) is 6.23. The number of ether oxygens (including phenoxy) is 4. The number of hydrogen-bond acceptors (Lipinski definition) is 5. The fourth-order valence-corrected chi connectivity index (χ4v) is 2.69. The van der Waals surface area contributed by atoms with Crippen LogP contribution in [-0.4, -0.2) is 45.8 Å². The summed E-state index contributed by atoms with van der Waals surface area (Å²) in [5.74, 6) is 2.23. The first-order chi connectivity index (χ1) is 14.0. The van der Waals surface area contributed by atoms with Gasteiger partial charge in [-0.25, -0.2) is 0 Å². The van der Waals surface area contributed by atoms with Gasteiger partial charge in [-0.15, -0.1) is 0 Å². The second-order valence-corrected chi connectivity index (χ2v) is 6.23. The van der Waals surface area contributed by atoms with Crippen LogP contribution in [0.1, 0.15) is 11.1 Å². The van der Waals surface area contributed by atoms with E-state index in [0.29, 0.717) is 30.4 Å². The van der Waals surface area contributed by atoms with Crippen LogP contribution >= 0.6 is 0 Å². The van der Waals surface area contributed by atoms with Gasteiger partial charge in [0.2, 0.25) is 11.7 Å². The van der Waals surface area contributed by atoms with Gasteiger partial charge in [0.05, 0.1) is 21.3 Å². The Hall–Kier alpha value is -3.41. The third-order valence-electron chi connectivity index (χ3n) is 4.19. The van der Waals surface area contributed by atoms with Crippen LogP contribution < -0.4 is 18.9 Å². The van der Waals surface area contributed by atoms with Gasteiger partial charge in [0.1, 0.15) is 12.4 Å². The third kappa shape index (κ3) is 6.04. The van der Waals surface area contributed by atoms with E-state index in [2.05, 4.69) is 6.58 Å². The highest BCUT2D eigenvalue weighted by Crippen LogP contribution is 2.38. The number of likely N-dealkylation sites (N-methyl/N-ethyl adjacent to an activating group) is 1. The summed E-state index contributed by atoms with van der Waals surface area (Å²) in [5, 5.41) is 0. The third-order valence-corrected chi connectivity index (χ3v) is 4.19. The van der Waals surface area contributed by atoms with Crippen LogP contribution in [-0.2, 0) is 11.3 Å². The molecule has 0 aliphatic heterocycles. The van der Waals surface area contributed by atoms with E-state index in [0.717, 1.165) is 16.9 Å². The topological polar surface area (TPSA) is 57.2 Å². The van der Waals surface area contributed by atoms with Crippen LogP contribution in [0.4, 0.5) is 0 Å². The molecule has 29 heavy (non-hydrogen) atoms. The number of carbonyl (C=O) groups is 1. The average molecular weight is 397 g/mol. The van der Waals surface area contributed by atoms with Crippen molar-refractivity contribution in [3.63, 3.8) is 0 Å². The number of nitrogens with zero attached hydrogens (tertiary/aromatic N) is 1. The van der Waals surface area contributed by atoms with Crippen molar-refractivity contribution < 1.29 is 23.7 Å². The Morgan fingerprint density at radius 3 is 2.17 bits per heavy atom. The van der Waals surface area contributed by atoms with Crippen LogP contribution in [0.3, 0.4) is 0 Å². The van der Waals surface area contributed by atoms with Crippen LogP contribution in [0.25, 0.3) is 6.08 Å². The molecule has 0 saturated carbocycles. The van der Waals surface area contributed by atoms with Gasteiger partial charge in [-0.05, 0) is 41.5 Å². The average Bonchev–Trinajstić information content (AvgIpc) is 2.75. The molecule has 0 heterocycles. The summed E-state index contributed by atoms with van der Waals surface area (Å²) in [4.78, 5) is 14.1. The van der Waals surface area contributed by atoms with Crippen LogP contribution in [0.15, 0.2) is 55.1 Å². The maximum absolute atomic E-state index is 12.5. The van der Waals surface area contributed by atoms with Gasteiger partial charge in [0.25, 0.3) is 0 Å². The fourth-order valence-electron chi connectivity index (χ4n) is 2.69. The molecule has 0 fully saturated rings. The Balaban J connectivity index is 2.05. The molecule has 0 N–H and O–H groups in total. The molecule has 0 bridgehead atoms. The van der Waals surface area contributed by atoms with Crippen LogP contribution in [0.5, 0.6) is 23.0 Å². The van der Waals surface area contributed by atoms with E-state index in [1.807, 2.05) is 24.3 Å². The minimum absolute atomic E-state index is 0.120. The van der Waals surface area contributed by atoms with Gasteiger partial charge in [0.15, 0.2) is 11.5 Å². The molecule has 0 atom stereocenters. The van der Waals surface area contributed by atoms with Crippen LogP contribution in [0, 0.1) is 0 Å². The van der Waals surface area contributed by atoms with Crippen molar-refractivity contribution in [1.29, 1.82) is 0 Å². The van der Waals surface area contributed by atoms with Gasteiger partial charge in [-0.3, -0.25) is 4.79 Å². The number of amides is 1. The van der Waals surface area contributed by atoms with E-state index in [1.165, 1.54) is 6.08 Å². The molecule has 0 aliphatic carbocycles. The first-order valence-electron chi connectivity index (χ1n) is 9.08. The first-order valence-corrected chi connectivity index (χ1v) is 9.08. The normalized spacial score (nSPS) is 10.5. The number of carbonyl (C=O) groups excluding carboxylic acids is 1. The molecule has 0 spiro atoms. The molecule has 2 rings (SSSR count). The Bertz CT molecular complexity index is 833. The second kappa shape index (κ2) is 10.8. The Morgan fingerprint density at radius 2 is 1.66 bits per heavy atom. The molecule has 1 amide bonds. The highest BCUT2D eigenvalue weighted by Gasteiger charge is 2.12. The zero-order valence-corrected chi connectivity index (χ0v) is 17.3. The SMILES string of the molecule is C=CCOc1ccc(CN(C)C(=O)/C=C/c2cc(OC)c(OC)c(OC)c2)cc1. The molecule has 0 radical (unpaired) electrons. The Morgan fingerprint density at radius 1 is 1.03 bits per heavy atom. The van der Waals surface area contributed by atoms with E-state index in [4.69, 9.17) is 18.9 Å². The predicted molar refractivity (Wildman–Crippen MR) is 114 cm³/mol. The van der Waals surface area contributed by atoms with Gasteiger partial charge >= 0.3 is 0 Å². The summed E-state index contributed by atoms with van der Waals surface area (Å²) < 4.78 is 21.4. The fraction of sp³-hybridized carbons (Fsp3) is 0.261. The van der Waals surface area contributed by atoms with Crippen LogP contribution in [0.2, 0.25) is 0 Å². The van der Waals surface area contributed by atoms with Crippen molar-refractivity contribution in [2.24, 2.45) is 0 Å². The summed E-state index contributed by atoms with van der Waals surface area (Å²) >= 11 is 0. The van der Waals surface area contributed by atoms with Crippen molar-refractivity contribution in [3.8, 4) is 23.0 Å². The van der Waals surface area contributed by atoms with E-state index >= 15 is 0 Å². The molecule has 0 saturated heterocycles. The minimum atomic E-state index is -0.120. The predicted octanol–water partition coefficient (Wildman–Crippen LogP) is 3.95. The van der Waals surface area contributed by atoms with Crippen molar-refractivity contribution in [1.82, 2.24) is 4.90 Å². The molecule has 6 nitrogen and oxygen atoms in total. The number of rotatable bonds is 10. The molecule has 154 valence electrons. The largest absolute Gasteiger partial charge is 0.493 e. The van der Waals surface area contributed by atoms with Gasteiger partial charge in [-0.2, -0.15) is 0 Å². The summed E-state index contributed by atoms with van der Waals surface area (Å²) in [7, 11) is 6.41. The summed E-state index contributed by atoms with van der Waals surface area (Å²) in [5.41, 5.74) is 1.78. The van der Waals surface area contributed by atoms with Crippen molar-refractivity contribution in [2.45, 2.75) is 6.54 Å². The van der Waals surface area contributed by atoms with Gasteiger partial charge in [0, 0.05) is 19.7 Å². The summed E-state index contributed by atoms with van der Waals surface area (Å²) in [6.45, 7) is 4.57. The van der Waals surface area contributed by atoms with Gasteiger partial charge in [-0.1, -0.05) is 24.8 Å². The van der Waals surface area contributed by atoms with Gasteiger partial charge < -0.3 is 23.8 Å². The summed E-state index contributed by atoms with van der Waals surface area (Å²) in [6.07, 6.45) is 4.93. The van der Waals surface area contributed by atoms with Crippen molar-refractivity contribution in [3.05, 3.63) is 66.3 Å². The highest BCUT2D eigenvalue weighted by atomic mass is 16.5. The van der Waals surface area contributed by atoms with Crippen molar-refractivity contribution in [2.75, 3.05) is 35.0 Å². The Labute approximate surface area is 171 Å². The maximum atomic E-state index is 12.5. The molecule has 0 aliphatic rings. The quantitative estimate of drug-likeness (QED) is 0.449. The number of methoxy groups -OCH3 is 3. The van der Waals surface area contributed by atoms with E-state index < -0.39 is 0 Å². The number of benzene rings is 2. The molecule has 2 aromatic rings. The molecule has 6 heteroatoms. The maximum Gasteiger partial charge on any atom is 0.246 e. The lowest BCUT2D eigenvalue weighted by Gasteiger charge is -2.16. The minimum Gasteiger partial charge on any atom is -0.493 e. The smallest absolute Gasteiger partial charge is 0.246 e. The van der Waals surface area contributed by atoms with Crippen molar-refractivity contribution >= 4 is 12.0 Å². The zero-order valence-electron chi connectivity index (χ0n) is 17.3. The van der Waals surface area contributed by atoms with E-state index in [1.54, 1.807) is 57.6 Å². The lowest BCUT2D eigenvalue weighted by atomic mass is 10.1. The molecular weight excluding hydrogens is 370 g/mol. The first kappa shape index (κ1) is 21.9. The number of hydrogen-bond donors (Lipinski definition) is 0.